The molecule has 0 aromatic heterocycles. The quantitative estimate of drug-likeness (QED) is 0.521. The van der Waals surface area contributed by atoms with Crippen LogP contribution >= 0.6 is 0 Å². The monoisotopic (exact) mass is 218 g/mol. The van der Waals surface area contributed by atoms with E-state index in [0.29, 0.717) is 6.42 Å². The highest BCUT2D eigenvalue weighted by molar-refractivity contribution is 5.71. The van der Waals surface area contributed by atoms with Crippen molar-refractivity contribution in [2.45, 2.75) is 52.9 Å². The van der Waals surface area contributed by atoms with Gasteiger partial charge in [-0.3, -0.25) is 4.79 Å². The predicted octanol–water partition coefficient (Wildman–Crippen LogP) is 1.30. The maximum atomic E-state index is 11.2. The van der Waals surface area contributed by atoms with E-state index in [2.05, 4.69) is 0 Å². The van der Waals surface area contributed by atoms with Gasteiger partial charge in [0.05, 0.1) is 12.0 Å². The summed E-state index contributed by atoms with van der Waals surface area (Å²) in [7, 11) is 0. The van der Waals surface area contributed by atoms with E-state index < -0.39 is 24.3 Å². The van der Waals surface area contributed by atoms with E-state index in [4.69, 9.17) is 4.74 Å². The van der Waals surface area contributed by atoms with Crippen LogP contribution in [-0.4, -0.2) is 28.6 Å². The topological polar surface area (TPSA) is 66.8 Å². The first-order chi connectivity index (χ1) is 6.90. The SMILES string of the molecule is CCCC(O)C(C)C(O)OC(=O)C(C)C. The van der Waals surface area contributed by atoms with E-state index >= 15 is 0 Å². The maximum Gasteiger partial charge on any atom is 0.310 e. The highest BCUT2D eigenvalue weighted by Crippen LogP contribution is 2.15. The van der Waals surface area contributed by atoms with Crippen LogP contribution in [0.1, 0.15) is 40.5 Å². The van der Waals surface area contributed by atoms with Crippen molar-refractivity contribution in [3.05, 3.63) is 0 Å². The van der Waals surface area contributed by atoms with Crippen molar-refractivity contribution in [2.24, 2.45) is 11.8 Å². The minimum Gasteiger partial charge on any atom is -0.435 e. The average Bonchev–Trinajstić information content (AvgIpc) is 2.16. The Morgan fingerprint density at radius 1 is 1.27 bits per heavy atom. The van der Waals surface area contributed by atoms with Crippen LogP contribution in [0.4, 0.5) is 0 Å². The number of rotatable bonds is 6. The van der Waals surface area contributed by atoms with Gasteiger partial charge in [-0.2, -0.15) is 0 Å². The third-order valence-electron chi connectivity index (χ3n) is 2.35. The summed E-state index contributed by atoms with van der Waals surface area (Å²) in [5, 5.41) is 19.1. The number of ether oxygens (including phenoxy) is 1. The molecule has 0 fully saturated rings. The number of aliphatic hydroxyl groups excluding tert-OH is 2. The van der Waals surface area contributed by atoms with Gasteiger partial charge in [0.15, 0.2) is 0 Å². The first-order valence-corrected chi connectivity index (χ1v) is 5.46. The molecular formula is C11H22O4. The number of carbonyl (C=O) groups is 1. The minimum absolute atomic E-state index is 0.268. The van der Waals surface area contributed by atoms with Crippen LogP contribution in [0.25, 0.3) is 0 Å². The molecule has 0 aromatic carbocycles. The van der Waals surface area contributed by atoms with E-state index in [0.717, 1.165) is 6.42 Å². The molecule has 15 heavy (non-hydrogen) atoms. The molecular weight excluding hydrogens is 196 g/mol. The molecule has 0 aliphatic carbocycles. The average molecular weight is 218 g/mol. The van der Waals surface area contributed by atoms with Gasteiger partial charge in [0.1, 0.15) is 0 Å². The number of aliphatic hydroxyl groups is 2. The maximum absolute atomic E-state index is 11.2. The molecule has 0 heterocycles. The lowest BCUT2D eigenvalue weighted by Crippen LogP contribution is -2.34. The van der Waals surface area contributed by atoms with Crippen molar-refractivity contribution in [1.82, 2.24) is 0 Å². The minimum atomic E-state index is -1.22. The van der Waals surface area contributed by atoms with Crippen molar-refractivity contribution in [1.29, 1.82) is 0 Å². The lowest BCUT2D eigenvalue weighted by molar-refractivity contribution is -0.186. The molecule has 90 valence electrons. The molecule has 0 bridgehead atoms. The Morgan fingerprint density at radius 2 is 1.80 bits per heavy atom. The molecule has 3 unspecified atom stereocenters. The fraction of sp³-hybridized carbons (Fsp3) is 0.909. The largest absolute Gasteiger partial charge is 0.435 e. The van der Waals surface area contributed by atoms with Crippen LogP contribution in [0.5, 0.6) is 0 Å². The molecule has 4 heteroatoms. The summed E-state index contributed by atoms with van der Waals surface area (Å²) in [5.41, 5.74) is 0. The number of hydrogen-bond acceptors (Lipinski definition) is 4. The third-order valence-corrected chi connectivity index (χ3v) is 2.35. The lowest BCUT2D eigenvalue weighted by atomic mass is 10.0. The summed E-state index contributed by atoms with van der Waals surface area (Å²) in [6.45, 7) is 7.01. The van der Waals surface area contributed by atoms with Gasteiger partial charge < -0.3 is 14.9 Å². The second kappa shape index (κ2) is 6.80. The van der Waals surface area contributed by atoms with Gasteiger partial charge in [-0.05, 0) is 6.42 Å². The van der Waals surface area contributed by atoms with E-state index in [1.165, 1.54) is 0 Å². The fourth-order valence-electron chi connectivity index (χ4n) is 1.11. The third kappa shape index (κ3) is 5.14. The molecule has 0 aliphatic rings. The summed E-state index contributed by atoms with van der Waals surface area (Å²) in [4.78, 5) is 11.2. The lowest BCUT2D eigenvalue weighted by Gasteiger charge is -2.24. The predicted molar refractivity (Wildman–Crippen MR) is 57.0 cm³/mol. The van der Waals surface area contributed by atoms with Gasteiger partial charge in [0.2, 0.25) is 6.29 Å². The van der Waals surface area contributed by atoms with Crippen molar-refractivity contribution in [3.8, 4) is 0 Å². The standard InChI is InChI=1S/C11H22O4/c1-5-6-9(12)8(4)11(14)15-10(13)7(2)3/h7-9,11-12,14H,5-6H2,1-4H3. The molecule has 0 aliphatic heterocycles. The molecule has 2 N–H and O–H groups in total. The van der Waals surface area contributed by atoms with Gasteiger partial charge >= 0.3 is 5.97 Å². The number of hydrogen-bond donors (Lipinski definition) is 2. The molecule has 0 aromatic rings. The molecule has 0 spiro atoms. The van der Waals surface area contributed by atoms with Gasteiger partial charge in [-0.1, -0.05) is 34.1 Å². The van der Waals surface area contributed by atoms with Crippen molar-refractivity contribution < 1.29 is 19.7 Å². The Morgan fingerprint density at radius 3 is 2.20 bits per heavy atom. The highest BCUT2D eigenvalue weighted by atomic mass is 16.6. The van der Waals surface area contributed by atoms with Gasteiger partial charge in [-0.15, -0.1) is 0 Å². The Bertz CT molecular complexity index is 191. The van der Waals surface area contributed by atoms with Crippen LogP contribution in [0.3, 0.4) is 0 Å². The highest BCUT2D eigenvalue weighted by Gasteiger charge is 2.25. The molecule has 0 saturated carbocycles. The Kier molecular flexibility index (Phi) is 6.52. The molecule has 0 radical (unpaired) electrons. The summed E-state index contributed by atoms with van der Waals surface area (Å²) >= 11 is 0. The Balaban J connectivity index is 4.08. The van der Waals surface area contributed by atoms with E-state index in [1.54, 1.807) is 20.8 Å². The van der Waals surface area contributed by atoms with E-state index in [1.807, 2.05) is 6.92 Å². The smallest absolute Gasteiger partial charge is 0.310 e. The molecule has 0 amide bonds. The van der Waals surface area contributed by atoms with Crippen LogP contribution in [0.2, 0.25) is 0 Å². The van der Waals surface area contributed by atoms with E-state index in [9.17, 15) is 15.0 Å². The van der Waals surface area contributed by atoms with E-state index in [-0.39, 0.29) is 5.92 Å². The van der Waals surface area contributed by atoms with Crippen molar-refractivity contribution >= 4 is 5.97 Å². The second-order valence-electron chi connectivity index (χ2n) is 4.20. The fourth-order valence-corrected chi connectivity index (χ4v) is 1.11. The Hall–Kier alpha value is -0.610. The van der Waals surface area contributed by atoms with Gasteiger partial charge in [0, 0.05) is 5.92 Å². The first-order valence-electron chi connectivity index (χ1n) is 5.46. The molecule has 0 rings (SSSR count). The Labute approximate surface area is 91.3 Å². The van der Waals surface area contributed by atoms with Crippen molar-refractivity contribution in [3.63, 3.8) is 0 Å². The van der Waals surface area contributed by atoms with Crippen LogP contribution in [0.15, 0.2) is 0 Å². The number of carbonyl (C=O) groups excluding carboxylic acids is 1. The second-order valence-corrected chi connectivity index (χ2v) is 4.20. The van der Waals surface area contributed by atoms with Crippen LogP contribution in [-0.2, 0) is 9.53 Å². The zero-order valence-electron chi connectivity index (χ0n) is 9.93. The molecule has 0 saturated heterocycles. The van der Waals surface area contributed by atoms with Gasteiger partial charge in [0.25, 0.3) is 0 Å². The summed E-state index contributed by atoms with van der Waals surface area (Å²) < 4.78 is 4.80. The number of esters is 1. The van der Waals surface area contributed by atoms with Crippen molar-refractivity contribution in [2.75, 3.05) is 0 Å². The molecule has 3 atom stereocenters. The van der Waals surface area contributed by atoms with Crippen LogP contribution in [0, 0.1) is 11.8 Å². The normalized spacial score (nSPS) is 17.3. The van der Waals surface area contributed by atoms with Crippen LogP contribution < -0.4 is 0 Å². The summed E-state index contributed by atoms with van der Waals surface area (Å²) in [6, 6.07) is 0. The zero-order valence-corrected chi connectivity index (χ0v) is 9.93. The zero-order chi connectivity index (χ0) is 12.0. The molecule has 4 nitrogen and oxygen atoms in total. The first kappa shape index (κ1) is 14.4. The van der Waals surface area contributed by atoms with Gasteiger partial charge in [-0.25, -0.2) is 0 Å². The summed E-state index contributed by atoms with van der Waals surface area (Å²) in [6.07, 6.45) is -0.431. The summed E-state index contributed by atoms with van der Waals surface area (Å²) in [5.74, 6) is -1.17.